The number of rotatable bonds is 11. The van der Waals surface area contributed by atoms with Gasteiger partial charge in [0.2, 0.25) is 11.7 Å². The molecule has 0 saturated heterocycles. The Morgan fingerprint density at radius 3 is 2.50 bits per heavy atom. The lowest BCUT2D eigenvalue weighted by Crippen LogP contribution is -2.35. The molecule has 0 saturated carbocycles. The van der Waals surface area contributed by atoms with Gasteiger partial charge >= 0.3 is 0 Å². The van der Waals surface area contributed by atoms with Crippen LogP contribution in [0.25, 0.3) is 5.65 Å². The number of hydrogen-bond donors (Lipinski definition) is 3. The lowest BCUT2D eigenvalue weighted by molar-refractivity contribution is -0.121. The molecule has 0 radical (unpaired) electrons. The van der Waals surface area contributed by atoms with E-state index in [0.29, 0.717) is 35.0 Å². The average molecular weight is 472 g/mol. The second-order valence-corrected chi connectivity index (χ2v) is 7.68. The molecular weight excluding hydrogens is 442 g/mol. The molecule has 0 spiro atoms. The molecule has 4 N–H and O–H groups in total. The number of nitrogens with one attached hydrogen (secondary N) is 1. The predicted molar refractivity (Wildman–Crippen MR) is 123 cm³/mol. The molecule has 0 aliphatic rings. The standard InChI is InChI=1S/C23H29N5O6/c1-13-16(14(2)28-23(27-13)17(11-26-28)22(24)31)8-9-20(30)25-10-15(29)12-34-21-18(32-3)6-5-7-19(21)33-4/h5-7,11,15,29H,8-10,12H2,1-4H3,(H2,24,31)(H,25,30). The monoisotopic (exact) mass is 471 g/mol. The van der Waals surface area contributed by atoms with Crippen molar-refractivity contribution >= 4 is 17.5 Å². The second-order valence-electron chi connectivity index (χ2n) is 7.68. The number of aromatic nitrogens is 3. The molecule has 182 valence electrons. The summed E-state index contributed by atoms with van der Waals surface area (Å²) < 4.78 is 17.7. The van der Waals surface area contributed by atoms with Gasteiger partial charge in [-0.15, -0.1) is 0 Å². The van der Waals surface area contributed by atoms with Gasteiger partial charge in [0.15, 0.2) is 17.1 Å². The van der Waals surface area contributed by atoms with Crippen molar-refractivity contribution in [3.8, 4) is 17.2 Å². The highest BCUT2D eigenvalue weighted by Crippen LogP contribution is 2.36. The number of carbonyl (C=O) groups is 2. The highest BCUT2D eigenvalue weighted by molar-refractivity contribution is 5.98. The van der Waals surface area contributed by atoms with Gasteiger partial charge in [0.1, 0.15) is 18.3 Å². The van der Waals surface area contributed by atoms with Gasteiger partial charge in [0.05, 0.1) is 20.4 Å². The first kappa shape index (κ1) is 24.8. The summed E-state index contributed by atoms with van der Waals surface area (Å²) in [6.07, 6.45) is 1.06. The van der Waals surface area contributed by atoms with Crippen LogP contribution < -0.4 is 25.3 Å². The van der Waals surface area contributed by atoms with E-state index < -0.39 is 12.0 Å². The first-order valence-electron chi connectivity index (χ1n) is 10.7. The molecule has 2 amide bonds. The van der Waals surface area contributed by atoms with E-state index in [4.69, 9.17) is 19.9 Å². The van der Waals surface area contributed by atoms with Gasteiger partial charge in [-0.1, -0.05) is 6.07 Å². The summed E-state index contributed by atoms with van der Waals surface area (Å²) in [4.78, 5) is 28.4. The first-order chi connectivity index (χ1) is 16.3. The maximum absolute atomic E-state index is 12.4. The number of nitrogens with zero attached hydrogens (tertiary/aromatic N) is 3. The predicted octanol–water partition coefficient (Wildman–Crippen LogP) is 0.951. The van der Waals surface area contributed by atoms with Crippen molar-refractivity contribution in [1.29, 1.82) is 0 Å². The number of aliphatic hydroxyl groups is 1. The fraction of sp³-hybridized carbons (Fsp3) is 0.391. The number of aryl methyl sites for hydroxylation is 2. The van der Waals surface area contributed by atoms with Crippen LogP contribution in [0.2, 0.25) is 0 Å². The topological polar surface area (TPSA) is 150 Å². The van der Waals surface area contributed by atoms with Gasteiger partial charge in [0, 0.05) is 24.4 Å². The Kier molecular flexibility index (Phi) is 7.90. The molecule has 0 fully saturated rings. The van der Waals surface area contributed by atoms with E-state index in [2.05, 4.69) is 15.4 Å². The highest BCUT2D eigenvalue weighted by Gasteiger charge is 2.18. The number of ether oxygens (including phenoxy) is 3. The Hall–Kier alpha value is -3.86. The molecular formula is C23H29N5O6. The number of fused-ring (bicyclic) bond motifs is 1. The van der Waals surface area contributed by atoms with E-state index in [-0.39, 0.29) is 31.0 Å². The van der Waals surface area contributed by atoms with Gasteiger partial charge in [-0.25, -0.2) is 9.50 Å². The van der Waals surface area contributed by atoms with Crippen LogP contribution in [0.3, 0.4) is 0 Å². The van der Waals surface area contributed by atoms with E-state index in [1.165, 1.54) is 20.4 Å². The molecule has 2 heterocycles. The van der Waals surface area contributed by atoms with Crippen molar-refractivity contribution in [2.24, 2.45) is 5.73 Å². The number of benzene rings is 1. The first-order valence-corrected chi connectivity index (χ1v) is 10.7. The van der Waals surface area contributed by atoms with Crippen LogP contribution in [-0.2, 0) is 11.2 Å². The Labute approximate surface area is 196 Å². The maximum Gasteiger partial charge on any atom is 0.254 e. The number of primary amides is 1. The summed E-state index contributed by atoms with van der Waals surface area (Å²) in [6, 6.07) is 5.21. The van der Waals surface area contributed by atoms with Crippen molar-refractivity contribution in [1.82, 2.24) is 19.9 Å². The lowest BCUT2D eigenvalue weighted by atomic mass is 10.1. The van der Waals surface area contributed by atoms with Crippen molar-refractivity contribution in [3.63, 3.8) is 0 Å². The van der Waals surface area contributed by atoms with Crippen LogP contribution in [0.5, 0.6) is 17.2 Å². The molecule has 1 atom stereocenters. The number of carbonyl (C=O) groups excluding carboxylic acids is 2. The SMILES string of the molecule is COc1cccc(OC)c1OCC(O)CNC(=O)CCc1c(C)nc2c(C(N)=O)cnn2c1C. The molecule has 11 heteroatoms. The second kappa shape index (κ2) is 10.8. The van der Waals surface area contributed by atoms with E-state index in [0.717, 1.165) is 11.3 Å². The summed E-state index contributed by atoms with van der Waals surface area (Å²) in [5.74, 6) is 0.509. The minimum Gasteiger partial charge on any atom is -0.493 e. The summed E-state index contributed by atoms with van der Waals surface area (Å²) in [5.41, 5.74) is 8.35. The zero-order chi connectivity index (χ0) is 24.8. The minimum atomic E-state index is -0.934. The van der Waals surface area contributed by atoms with Crippen LogP contribution in [0.1, 0.15) is 33.7 Å². The number of methoxy groups -OCH3 is 2. The van der Waals surface area contributed by atoms with Crippen molar-refractivity contribution in [2.75, 3.05) is 27.4 Å². The number of amides is 2. The molecule has 1 aromatic carbocycles. The van der Waals surface area contributed by atoms with Gasteiger partial charge in [-0.2, -0.15) is 5.10 Å². The summed E-state index contributed by atoms with van der Waals surface area (Å²) in [5, 5.41) is 17.1. The fourth-order valence-electron chi connectivity index (χ4n) is 3.60. The third kappa shape index (κ3) is 5.37. The van der Waals surface area contributed by atoms with Crippen molar-refractivity contribution in [2.45, 2.75) is 32.8 Å². The largest absolute Gasteiger partial charge is 0.493 e. The van der Waals surface area contributed by atoms with E-state index in [1.54, 1.807) is 22.7 Å². The molecule has 3 rings (SSSR count). The zero-order valence-corrected chi connectivity index (χ0v) is 19.6. The van der Waals surface area contributed by atoms with Crippen LogP contribution >= 0.6 is 0 Å². The van der Waals surface area contributed by atoms with Crippen LogP contribution in [-0.4, -0.2) is 65.0 Å². The Balaban J connectivity index is 1.54. The molecule has 11 nitrogen and oxygen atoms in total. The average Bonchev–Trinajstić information content (AvgIpc) is 3.25. The third-order valence-electron chi connectivity index (χ3n) is 5.41. The quantitative estimate of drug-likeness (QED) is 0.374. The minimum absolute atomic E-state index is 0.0205. The Morgan fingerprint density at radius 1 is 1.21 bits per heavy atom. The number of hydrogen-bond acceptors (Lipinski definition) is 8. The highest BCUT2D eigenvalue weighted by atomic mass is 16.5. The summed E-state index contributed by atoms with van der Waals surface area (Å²) in [6.45, 7) is 3.62. The summed E-state index contributed by atoms with van der Waals surface area (Å²) >= 11 is 0. The molecule has 2 aromatic heterocycles. The van der Waals surface area contributed by atoms with Crippen molar-refractivity contribution < 1.29 is 28.9 Å². The van der Waals surface area contributed by atoms with E-state index in [1.807, 2.05) is 13.8 Å². The molecule has 34 heavy (non-hydrogen) atoms. The number of aliphatic hydroxyl groups excluding tert-OH is 1. The molecule has 1 unspecified atom stereocenters. The van der Waals surface area contributed by atoms with Crippen molar-refractivity contribution in [3.05, 3.63) is 46.9 Å². The van der Waals surface area contributed by atoms with Crippen LogP contribution in [0.4, 0.5) is 0 Å². The Morgan fingerprint density at radius 2 is 1.88 bits per heavy atom. The summed E-state index contributed by atoms with van der Waals surface area (Å²) in [7, 11) is 3.02. The van der Waals surface area contributed by atoms with Gasteiger partial charge in [-0.05, 0) is 38.0 Å². The van der Waals surface area contributed by atoms with Gasteiger partial charge < -0.3 is 30.4 Å². The molecule has 0 aliphatic carbocycles. The molecule has 3 aromatic rings. The normalized spacial score (nSPS) is 11.8. The number of nitrogens with two attached hydrogens (primary N) is 1. The lowest BCUT2D eigenvalue weighted by Gasteiger charge is -2.17. The maximum atomic E-state index is 12.4. The van der Waals surface area contributed by atoms with E-state index in [9.17, 15) is 14.7 Å². The van der Waals surface area contributed by atoms with Gasteiger partial charge in [-0.3, -0.25) is 9.59 Å². The zero-order valence-electron chi connectivity index (χ0n) is 19.6. The van der Waals surface area contributed by atoms with Gasteiger partial charge in [0.25, 0.3) is 5.91 Å². The fourth-order valence-corrected chi connectivity index (χ4v) is 3.60. The number of para-hydroxylation sites is 1. The van der Waals surface area contributed by atoms with Crippen LogP contribution in [0.15, 0.2) is 24.4 Å². The smallest absolute Gasteiger partial charge is 0.254 e. The third-order valence-corrected chi connectivity index (χ3v) is 5.41. The molecule has 0 bridgehead atoms. The van der Waals surface area contributed by atoms with E-state index >= 15 is 0 Å². The molecule has 0 aliphatic heterocycles. The Bertz CT molecular complexity index is 1170. The van der Waals surface area contributed by atoms with Crippen LogP contribution in [0, 0.1) is 13.8 Å².